The van der Waals surface area contributed by atoms with Gasteiger partial charge in [-0.05, 0) is 42.5 Å². The second-order valence-electron chi connectivity index (χ2n) is 5.56. The van der Waals surface area contributed by atoms with Crippen molar-refractivity contribution >= 4 is 11.6 Å². The van der Waals surface area contributed by atoms with E-state index in [9.17, 15) is 18.4 Å². The number of carbonyl (C=O) groups is 2. The molecule has 0 bridgehead atoms. The molecule has 5 heteroatoms. The van der Waals surface area contributed by atoms with Crippen molar-refractivity contribution in [2.75, 3.05) is 6.61 Å². The fourth-order valence-corrected chi connectivity index (χ4v) is 2.36. The summed E-state index contributed by atoms with van der Waals surface area (Å²) in [4.78, 5) is 24.3. The number of benzene rings is 3. The smallest absolute Gasteiger partial charge is 0.200 e. The molecule has 0 atom stereocenters. The van der Waals surface area contributed by atoms with Crippen LogP contribution < -0.4 is 4.74 Å². The average Bonchev–Trinajstić information content (AvgIpc) is 2.68. The van der Waals surface area contributed by atoms with Gasteiger partial charge in [-0.25, -0.2) is 8.78 Å². The summed E-state index contributed by atoms with van der Waals surface area (Å²) in [6, 6.07) is 18.2. The van der Waals surface area contributed by atoms with E-state index in [4.69, 9.17) is 4.74 Å². The highest BCUT2D eigenvalue weighted by Crippen LogP contribution is 2.16. The molecule has 0 aliphatic carbocycles. The molecule has 3 aromatic carbocycles. The van der Waals surface area contributed by atoms with Gasteiger partial charge in [0.1, 0.15) is 5.75 Å². The van der Waals surface area contributed by atoms with Crippen LogP contribution in [0.3, 0.4) is 0 Å². The van der Waals surface area contributed by atoms with E-state index in [1.165, 1.54) is 6.07 Å². The van der Waals surface area contributed by atoms with Crippen LogP contribution in [-0.2, 0) is 0 Å². The van der Waals surface area contributed by atoms with Crippen molar-refractivity contribution in [1.29, 1.82) is 0 Å². The van der Waals surface area contributed by atoms with E-state index in [1.54, 1.807) is 48.5 Å². The van der Waals surface area contributed by atoms with Crippen LogP contribution in [0, 0.1) is 11.6 Å². The fourth-order valence-electron chi connectivity index (χ4n) is 2.36. The van der Waals surface area contributed by atoms with Gasteiger partial charge in [-0.3, -0.25) is 9.59 Å². The van der Waals surface area contributed by atoms with Crippen LogP contribution >= 0.6 is 0 Å². The maximum absolute atomic E-state index is 13.2. The second kappa shape index (κ2) is 7.70. The third-order valence-corrected chi connectivity index (χ3v) is 3.76. The number of carbonyl (C=O) groups excluding carboxylic acids is 2. The molecule has 3 nitrogen and oxygen atoms in total. The molecule has 0 unspecified atom stereocenters. The number of ketones is 2. The van der Waals surface area contributed by atoms with Crippen LogP contribution in [0.2, 0.25) is 0 Å². The van der Waals surface area contributed by atoms with Gasteiger partial charge in [-0.2, -0.15) is 0 Å². The summed E-state index contributed by atoms with van der Waals surface area (Å²) in [5, 5.41) is 0. The zero-order valence-electron chi connectivity index (χ0n) is 13.6. The number of ether oxygens (including phenoxy) is 1. The highest BCUT2D eigenvalue weighted by atomic mass is 19.2. The SMILES string of the molecule is O=C(COc1ccc(C(=O)c2ccccc2)cc1)c1ccc(F)c(F)c1. The molecule has 0 radical (unpaired) electrons. The van der Waals surface area contributed by atoms with Gasteiger partial charge in [-0.15, -0.1) is 0 Å². The van der Waals surface area contributed by atoms with Crippen LogP contribution in [0.4, 0.5) is 8.78 Å². The lowest BCUT2D eigenvalue weighted by atomic mass is 10.0. The summed E-state index contributed by atoms with van der Waals surface area (Å²) in [6.07, 6.45) is 0. The van der Waals surface area contributed by atoms with Crippen LogP contribution in [-0.4, -0.2) is 18.2 Å². The van der Waals surface area contributed by atoms with Gasteiger partial charge in [0.2, 0.25) is 0 Å². The Hall–Kier alpha value is -3.34. The molecule has 0 aliphatic heterocycles. The van der Waals surface area contributed by atoms with Gasteiger partial charge in [0.05, 0.1) is 0 Å². The molecular weight excluding hydrogens is 338 g/mol. The molecule has 0 N–H and O–H groups in total. The Labute approximate surface area is 148 Å². The first-order valence-electron chi connectivity index (χ1n) is 7.85. The second-order valence-corrected chi connectivity index (χ2v) is 5.56. The molecule has 0 fully saturated rings. The standard InChI is InChI=1S/C21H14F2O3/c22-18-11-8-16(12-19(18)23)20(24)13-26-17-9-6-15(7-10-17)21(25)14-4-2-1-3-5-14/h1-12H,13H2. The molecule has 0 amide bonds. The summed E-state index contributed by atoms with van der Waals surface area (Å²) < 4.78 is 31.4. The Kier molecular flexibility index (Phi) is 5.17. The summed E-state index contributed by atoms with van der Waals surface area (Å²) in [5.74, 6) is -2.30. The van der Waals surface area contributed by atoms with Crippen molar-refractivity contribution in [3.05, 3.63) is 101 Å². The molecule has 0 aromatic heterocycles. The third-order valence-electron chi connectivity index (χ3n) is 3.76. The van der Waals surface area contributed by atoms with Gasteiger partial charge in [0.15, 0.2) is 29.8 Å². The fraction of sp³-hybridized carbons (Fsp3) is 0.0476. The monoisotopic (exact) mass is 352 g/mol. The van der Waals surface area contributed by atoms with Crippen LogP contribution in [0.1, 0.15) is 26.3 Å². The predicted octanol–water partition coefficient (Wildman–Crippen LogP) is 4.46. The number of Topliss-reactive ketones (excluding diaryl/α,β-unsaturated/α-hetero) is 1. The van der Waals surface area contributed by atoms with E-state index in [2.05, 4.69) is 0 Å². The Balaban J connectivity index is 1.63. The minimum absolute atomic E-state index is 0.0276. The van der Waals surface area contributed by atoms with E-state index in [-0.39, 0.29) is 18.0 Å². The molecule has 3 rings (SSSR count). The van der Waals surface area contributed by atoms with Gasteiger partial charge in [0, 0.05) is 16.7 Å². The minimum atomic E-state index is -1.08. The van der Waals surface area contributed by atoms with Crippen molar-refractivity contribution in [1.82, 2.24) is 0 Å². The lowest BCUT2D eigenvalue weighted by Crippen LogP contribution is -2.12. The first-order chi connectivity index (χ1) is 12.5. The predicted molar refractivity (Wildman–Crippen MR) is 92.5 cm³/mol. The largest absolute Gasteiger partial charge is 0.485 e. The van der Waals surface area contributed by atoms with Gasteiger partial charge in [-0.1, -0.05) is 30.3 Å². The van der Waals surface area contributed by atoms with Crippen molar-refractivity contribution in [3.8, 4) is 5.75 Å². The molecule has 0 saturated heterocycles. The lowest BCUT2D eigenvalue weighted by molar-refractivity contribution is 0.0920. The Morgan fingerprint density at radius 1 is 0.731 bits per heavy atom. The summed E-state index contributed by atoms with van der Waals surface area (Å²) in [5.41, 5.74) is 1.10. The Morgan fingerprint density at radius 2 is 1.35 bits per heavy atom. The molecular formula is C21H14F2O3. The number of hydrogen-bond acceptors (Lipinski definition) is 3. The summed E-state index contributed by atoms with van der Waals surface area (Å²) in [7, 11) is 0. The molecule has 0 aliphatic rings. The highest BCUT2D eigenvalue weighted by molar-refractivity contribution is 6.09. The lowest BCUT2D eigenvalue weighted by Gasteiger charge is -2.07. The Bertz CT molecular complexity index is 935. The van der Waals surface area contributed by atoms with E-state index in [1.807, 2.05) is 6.07 Å². The molecule has 130 valence electrons. The first kappa shape index (κ1) is 17.5. The topological polar surface area (TPSA) is 43.4 Å². The number of hydrogen-bond donors (Lipinski definition) is 0. The van der Waals surface area contributed by atoms with E-state index >= 15 is 0 Å². The van der Waals surface area contributed by atoms with Crippen LogP contribution in [0.25, 0.3) is 0 Å². The van der Waals surface area contributed by atoms with Crippen LogP contribution in [0.15, 0.2) is 72.8 Å². The molecule has 3 aromatic rings. The zero-order valence-corrected chi connectivity index (χ0v) is 13.6. The molecule has 0 saturated carbocycles. The number of rotatable bonds is 6. The quantitative estimate of drug-likeness (QED) is 0.615. The zero-order chi connectivity index (χ0) is 18.5. The first-order valence-corrected chi connectivity index (χ1v) is 7.85. The van der Waals surface area contributed by atoms with Gasteiger partial charge in [0.25, 0.3) is 0 Å². The van der Waals surface area contributed by atoms with Crippen LogP contribution in [0.5, 0.6) is 5.75 Å². The van der Waals surface area contributed by atoms with Crippen molar-refractivity contribution in [3.63, 3.8) is 0 Å². The van der Waals surface area contributed by atoms with E-state index < -0.39 is 17.4 Å². The van der Waals surface area contributed by atoms with Gasteiger partial charge >= 0.3 is 0 Å². The van der Waals surface area contributed by atoms with Crippen molar-refractivity contribution in [2.24, 2.45) is 0 Å². The normalized spacial score (nSPS) is 10.4. The summed E-state index contributed by atoms with van der Waals surface area (Å²) in [6.45, 7) is -0.322. The third kappa shape index (κ3) is 4.00. The average molecular weight is 352 g/mol. The van der Waals surface area contributed by atoms with Crippen molar-refractivity contribution in [2.45, 2.75) is 0 Å². The maximum atomic E-state index is 13.2. The van der Waals surface area contributed by atoms with E-state index in [0.717, 1.165) is 12.1 Å². The van der Waals surface area contributed by atoms with E-state index in [0.29, 0.717) is 16.9 Å². The minimum Gasteiger partial charge on any atom is -0.485 e. The van der Waals surface area contributed by atoms with Crippen molar-refractivity contribution < 1.29 is 23.1 Å². The summed E-state index contributed by atoms with van der Waals surface area (Å²) >= 11 is 0. The highest BCUT2D eigenvalue weighted by Gasteiger charge is 2.12. The molecule has 0 spiro atoms. The maximum Gasteiger partial charge on any atom is 0.200 e. The molecule has 26 heavy (non-hydrogen) atoms. The number of halogens is 2. The van der Waals surface area contributed by atoms with Gasteiger partial charge < -0.3 is 4.74 Å². The molecule has 0 heterocycles. The Morgan fingerprint density at radius 3 is 2.00 bits per heavy atom.